The maximum Gasteiger partial charge on any atom is 0.305 e. The summed E-state index contributed by atoms with van der Waals surface area (Å²) in [6.07, 6.45) is 5.15. The van der Waals surface area contributed by atoms with Crippen LogP contribution in [-0.2, 0) is 9.53 Å². The van der Waals surface area contributed by atoms with Crippen molar-refractivity contribution in [1.29, 1.82) is 0 Å². The first kappa shape index (κ1) is 14.5. The van der Waals surface area contributed by atoms with Crippen LogP contribution in [0, 0.1) is 17.3 Å². The number of ether oxygens (including phenoxy) is 1. The molecule has 1 aliphatic carbocycles. The van der Waals surface area contributed by atoms with Crippen LogP contribution < -0.4 is 0 Å². The Morgan fingerprint density at radius 2 is 1.65 bits per heavy atom. The van der Waals surface area contributed by atoms with Crippen molar-refractivity contribution in [1.82, 2.24) is 0 Å². The summed E-state index contributed by atoms with van der Waals surface area (Å²) < 4.78 is 5.45. The number of hydrogen-bond donors (Lipinski definition) is 0. The molecule has 1 aliphatic rings. The van der Waals surface area contributed by atoms with Crippen LogP contribution in [0.1, 0.15) is 66.7 Å². The highest BCUT2D eigenvalue weighted by Crippen LogP contribution is 2.48. The molecular weight excluding hydrogens is 212 g/mol. The molecule has 0 amide bonds. The van der Waals surface area contributed by atoms with E-state index in [1.54, 1.807) is 0 Å². The maximum atomic E-state index is 11.3. The second-order valence-corrected chi connectivity index (χ2v) is 6.09. The van der Waals surface area contributed by atoms with Crippen LogP contribution in [0.5, 0.6) is 0 Å². The first-order chi connectivity index (χ1) is 7.92. The largest absolute Gasteiger partial charge is 0.462 e. The molecule has 100 valence electrons. The Balaban J connectivity index is 2.56. The number of hydrogen-bond acceptors (Lipinski definition) is 2. The van der Waals surface area contributed by atoms with Gasteiger partial charge in [0.25, 0.3) is 0 Å². The van der Waals surface area contributed by atoms with Crippen LogP contribution in [0.25, 0.3) is 0 Å². The number of esters is 1. The Hall–Kier alpha value is -0.530. The van der Waals surface area contributed by atoms with Crippen LogP contribution in [-0.4, -0.2) is 12.1 Å². The molecule has 0 unspecified atom stereocenters. The Kier molecular flexibility index (Phi) is 5.03. The third-order valence-electron chi connectivity index (χ3n) is 4.75. The molecule has 0 aromatic carbocycles. The lowest BCUT2D eigenvalue weighted by Gasteiger charge is -2.46. The molecular formula is C15H28O2. The standard InChI is InChI=1S/C15H28O2/c1-6-14(16)17-13-7-9-15(10-8-13,11(2)3)12(4)5/h11-13H,6-10H2,1-5H3. The van der Waals surface area contributed by atoms with E-state index in [9.17, 15) is 4.79 Å². The molecule has 0 bridgehead atoms. The van der Waals surface area contributed by atoms with Crippen LogP contribution >= 0.6 is 0 Å². The zero-order valence-electron chi connectivity index (χ0n) is 12.1. The summed E-state index contributed by atoms with van der Waals surface area (Å²) in [5.74, 6) is 1.38. The molecule has 0 aromatic rings. The Morgan fingerprint density at radius 1 is 1.18 bits per heavy atom. The lowest BCUT2D eigenvalue weighted by molar-refractivity contribution is -0.152. The molecule has 1 fully saturated rings. The highest BCUT2D eigenvalue weighted by molar-refractivity contribution is 5.69. The molecule has 2 nitrogen and oxygen atoms in total. The van der Waals surface area contributed by atoms with Gasteiger partial charge >= 0.3 is 5.97 Å². The number of carbonyl (C=O) groups excluding carboxylic acids is 1. The summed E-state index contributed by atoms with van der Waals surface area (Å²) >= 11 is 0. The molecule has 1 rings (SSSR count). The average molecular weight is 240 g/mol. The summed E-state index contributed by atoms with van der Waals surface area (Å²) in [4.78, 5) is 11.3. The summed E-state index contributed by atoms with van der Waals surface area (Å²) in [6, 6.07) is 0. The fraction of sp³-hybridized carbons (Fsp3) is 0.933. The van der Waals surface area contributed by atoms with Crippen molar-refractivity contribution < 1.29 is 9.53 Å². The zero-order valence-corrected chi connectivity index (χ0v) is 12.1. The van der Waals surface area contributed by atoms with Gasteiger partial charge in [-0.1, -0.05) is 34.6 Å². The highest BCUT2D eigenvalue weighted by atomic mass is 16.5. The minimum atomic E-state index is -0.0448. The fourth-order valence-corrected chi connectivity index (χ4v) is 3.34. The van der Waals surface area contributed by atoms with Crippen molar-refractivity contribution in [2.45, 2.75) is 72.8 Å². The molecule has 0 aromatic heterocycles. The summed E-state index contributed by atoms with van der Waals surface area (Å²) in [6.45, 7) is 11.2. The monoisotopic (exact) mass is 240 g/mol. The molecule has 0 spiro atoms. The van der Waals surface area contributed by atoms with Crippen LogP contribution in [0.2, 0.25) is 0 Å². The van der Waals surface area contributed by atoms with Gasteiger partial charge in [0, 0.05) is 6.42 Å². The number of rotatable bonds is 4. The van der Waals surface area contributed by atoms with Crippen molar-refractivity contribution in [3.8, 4) is 0 Å². The predicted octanol–water partition coefficient (Wildman–Crippen LogP) is 4.18. The molecule has 2 heteroatoms. The molecule has 17 heavy (non-hydrogen) atoms. The van der Waals surface area contributed by atoms with E-state index in [0.29, 0.717) is 23.7 Å². The second kappa shape index (κ2) is 5.88. The van der Waals surface area contributed by atoms with Crippen molar-refractivity contribution in [3.05, 3.63) is 0 Å². The second-order valence-electron chi connectivity index (χ2n) is 6.09. The van der Waals surface area contributed by atoms with Crippen LogP contribution in [0.3, 0.4) is 0 Å². The van der Waals surface area contributed by atoms with Gasteiger partial charge in [-0.15, -0.1) is 0 Å². The van der Waals surface area contributed by atoms with E-state index in [4.69, 9.17) is 4.74 Å². The molecule has 0 N–H and O–H groups in total. The minimum absolute atomic E-state index is 0.0448. The number of carbonyl (C=O) groups is 1. The van der Waals surface area contributed by atoms with E-state index in [-0.39, 0.29) is 12.1 Å². The van der Waals surface area contributed by atoms with E-state index in [0.717, 1.165) is 12.8 Å². The third kappa shape index (κ3) is 3.23. The van der Waals surface area contributed by atoms with Gasteiger partial charge < -0.3 is 4.74 Å². The van der Waals surface area contributed by atoms with Gasteiger partial charge in [0.1, 0.15) is 6.10 Å². The van der Waals surface area contributed by atoms with Crippen molar-refractivity contribution in [3.63, 3.8) is 0 Å². The van der Waals surface area contributed by atoms with Gasteiger partial charge in [-0.25, -0.2) is 0 Å². The summed E-state index contributed by atoms with van der Waals surface area (Å²) in [5.41, 5.74) is 0.453. The molecule has 1 saturated carbocycles. The Labute approximate surface area is 106 Å². The van der Waals surface area contributed by atoms with E-state index in [1.165, 1.54) is 12.8 Å². The molecule has 0 heterocycles. The van der Waals surface area contributed by atoms with Crippen LogP contribution in [0.4, 0.5) is 0 Å². The molecule has 0 aliphatic heterocycles. The zero-order chi connectivity index (χ0) is 13.1. The molecule has 0 saturated heterocycles. The van der Waals surface area contributed by atoms with E-state index in [1.807, 2.05) is 6.92 Å². The highest BCUT2D eigenvalue weighted by Gasteiger charge is 2.40. The van der Waals surface area contributed by atoms with E-state index >= 15 is 0 Å². The van der Waals surface area contributed by atoms with Gasteiger partial charge in [-0.05, 0) is 42.9 Å². The first-order valence-corrected chi connectivity index (χ1v) is 7.11. The van der Waals surface area contributed by atoms with Gasteiger partial charge in [0.05, 0.1) is 0 Å². The van der Waals surface area contributed by atoms with Crippen LogP contribution in [0.15, 0.2) is 0 Å². The van der Waals surface area contributed by atoms with Crippen molar-refractivity contribution in [2.24, 2.45) is 17.3 Å². The normalized spacial score (nSPS) is 20.9. The fourth-order valence-electron chi connectivity index (χ4n) is 3.34. The summed E-state index contributed by atoms with van der Waals surface area (Å²) in [5, 5.41) is 0. The van der Waals surface area contributed by atoms with Gasteiger partial charge in [0.2, 0.25) is 0 Å². The average Bonchev–Trinajstić information content (AvgIpc) is 2.29. The Morgan fingerprint density at radius 3 is 2.00 bits per heavy atom. The first-order valence-electron chi connectivity index (χ1n) is 7.11. The molecule has 0 radical (unpaired) electrons. The lowest BCUT2D eigenvalue weighted by atomic mass is 9.60. The van der Waals surface area contributed by atoms with Crippen molar-refractivity contribution in [2.75, 3.05) is 0 Å². The maximum absolute atomic E-state index is 11.3. The van der Waals surface area contributed by atoms with E-state index in [2.05, 4.69) is 27.7 Å². The topological polar surface area (TPSA) is 26.3 Å². The minimum Gasteiger partial charge on any atom is -0.462 e. The van der Waals surface area contributed by atoms with Gasteiger partial charge in [-0.3, -0.25) is 4.79 Å². The SMILES string of the molecule is CCC(=O)OC1CCC(C(C)C)(C(C)C)CC1. The quantitative estimate of drug-likeness (QED) is 0.689. The third-order valence-corrected chi connectivity index (χ3v) is 4.75. The Bertz CT molecular complexity index is 238. The summed E-state index contributed by atoms with van der Waals surface area (Å²) in [7, 11) is 0. The van der Waals surface area contributed by atoms with Crippen molar-refractivity contribution >= 4 is 5.97 Å². The predicted molar refractivity (Wildman–Crippen MR) is 70.7 cm³/mol. The van der Waals surface area contributed by atoms with E-state index < -0.39 is 0 Å². The smallest absolute Gasteiger partial charge is 0.305 e. The lowest BCUT2D eigenvalue weighted by Crippen LogP contribution is -2.39. The van der Waals surface area contributed by atoms with Gasteiger partial charge in [0.15, 0.2) is 0 Å². The van der Waals surface area contributed by atoms with Gasteiger partial charge in [-0.2, -0.15) is 0 Å². The molecule has 0 atom stereocenters.